The highest BCUT2D eigenvalue weighted by molar-refractivity contribution is 7.99. The van der Waals surface area contributed by atoms with Crippen molar-refractivity contribution in [1.29, 1.82) is 0 Å². The number of carboxylic acids is 1. The predicted octanol–water partition coefficient (Wildman–Crippen LogP) is 1.65. The molecule has 0 spiro atoms. The van der Waals surface area contributed by atoms with E-state index in [4.69, 9.17) is 9.84 Å². The molecule has 0 aromatic carbocycles. The lowest BCUT2D eigenvalue weighted by Gasteiger charge is -2.36. The molecule has 118 valence electrons. The Bertz CT molecular complexity index is 496. The van der Waals surface area contributed by atoms with Crippen LogP contribution in [0.1, 0.15) is 33.7 Å². The smallest absolute Gasteiger partial charge is 0.313 e. The van der Waals surface area contributed by atoms with Gasteiger partial charge in [-0.15, -0.1) is 10.2 Å². The van der Waals surface area contributed by atoms with Crippen LogP contribution < -0.4 is 4.90 Å². The van der Waals surface area contributed by atoms with E-state index in [9.17, 15) is 4.79 Å². The fourth-order valence-corrected chi connectivity index (χ4v) is 3.29. The Morgan fingerprint density at radius 1 is 1.38 bits per heavy atom. The maximum Gasteiger partial charge on any atom is 0.313 e. The number of anilines is 1. The molecule has 8 heteroatoms. The van der Waals surface area contributed by atoms with Gasteiger partial charge in [0.05, 0.1) is 18.0 Å². The number of carboxylic acid groups (broad SMARTS) is 1. The van der Waals surface area contributed by atoms with Gasteiger partial charge in [-0.05, 0) is 27.7 Å². The summed E-state index contributed by atoms with van der Waals surface area (Å²) in [6.07, 6.45) is 0.280. The van der Waals surface area contributed by atoms with Gasteiger partial charge in [0.1, 0.15) is 0 Å². The van der Waals surface area contributed by atoms with Gasteiger partial charge in [0.2, 0.25) is 5.95 Å². The second kappa shape index (κ2) is 6.65. The zero-order valence-electron chi connectivity index (χ0n) is 12.8. The first kappa shape index (κ1) is 16.1. The molecule has 1 fully saturated rings. The van der Waals surface area contributed by atoms with Crippen LogP contribution in [0.5, 0.6) is 0 Å². The van der Waals surface area contributed by atoms with E-state index in [2.05, 4.69) is 15.1 Å². The number of hydrogen-bond acceptors (Lipinski definition) is 6. The summed E-state index contributed by atoms with van der Waals surface area (Å²) < 4.78 is 7.74. The molecule has 2 heterocycles. The van der Waals surface area contributed by atoms with Crippen LogP contribution >= 0.6 is 11.8 Å². The lowest BCUT2D eigenvalue weighted by atomic mass is 10.2. The Balaban J connectivity index is 2.24. The molecule has 0 aliphatic carbocycles. The van der Waals surface area contributed by atoms with Crippen molar-refractivity contribution in [3.8, 4) is 0 Å². The van der Waals surface area contributed by atoms with E-state index < -0.39 is 5.97 Å². The number of carbonyl (C=O) groups is 1. The normalized spacial score (nSPS) is 22.8. The fourth-order valence-electron chi connectivity index (χ4n) is 2.50. The Hall–Kier alpha value is -1.28. The van der Waals surface area contributed by atoms with Crippen molar-refractivity contribution in [2.75, 3.05) is 23.7 Å². The van der Waals surface area contributed by atoms with E-state index in [0.717, 1.165) is 19.0 Å². The summed E-state index contributed by atoms with van der Waals surface area (Å²) in [6.45, 7) is 9.70. The summed E-state index contributed by atoms with van der Waals surface area (Å²) in [5, 5.41) is 17.9. The minimum absolute atomic E-state index is 0.0131. The molecule has 0 bridgehead atoms. The number of rotatable bonds is 5. The SMILES string of the molecule is CC(C)n1c(SCC(=O)O)nnc1N1C[C@@H](C)O[C@@H](C)C1. The molecule has 1 saturated heterocycles. The quantitative estimate of drug-likeness (QED) is 0.828. The number of morpholine rings is 1. The molecule has 2 atom stereocenters. The highest BCUT2D eigenvalue weighted by Crippen LogP contribution is 2.28. The third kappa shape index (κ3) is 3.88. The van der Waals surface area contributed by atoms with Gasteiger partial charge in [0, 0.05) is 19.1 Å². The number of ether oxygens (including phenoxy) is 1. The average Bonchev–Trinajstić information content (AvgIpc) is 2.78. The standard InChI is InChI=1S/C13H22N4O3S/c1-8(2)17-12(14-15-13(17)21-7-11(18)19)16-5-9(3)20-10(4)6-16/h8-10H,5-7H2,1-4H3,(H,18,19)/t9-,10+. The Morgan fingerprint density at radius 2 is 2.00 bits per heavy atom. The third-order valence-corrected chi connectivity index (χ3v) is 4.12. The Kier molecular flexibility index (Phi) is 5.10. The molecule has 0 unspecified atom stereocenters. The molecule has 0 saturated carbocycles. The second-order valence-corrected chi connectivity index (χ2v) is 6.53. The minimum Gasteiger partial charge on any atom is -0.481 e. The predicted molar refractivity (Wildman–Crippen MR) is 81.0 cm³/mol. The van der Waals surface area contributed by atoms with Crippen LogP contribution in [-0.4, -0.2) is 56.9 Å². The van der Waals surface area contributed by atoms with Gasteiger partial charge >= 0.3 is 5.97 Å². The summed E-state index contributed by atoms with van der Waals surface area (Å²) in [5.41, 5.74) is 0. The van der Waals surface area contributed by atoms with Gasteiger partial charge in [-0.25, -0.2) is 0 Å². The first-order valence-corrected chi connectivity index (χ1v) is 8.07. The molecule has 1 aliphatic rings. The van der Waals surface area contributed by atoms with Gasteiger partial charge < -0.3 is 14.7 Å². The van der Waals surface area contributed by atoms with Crippen molar-refractivity contribution in [3.05, 3.63) is 0 Å². The highest BCUT2D eigenvalue weighted by Gasteiger charge is 2.28. The van der Waals surface area contributed by atoms with Crippen molar-refractivity contribution in [2.45, 2.75) is 51.1 Å². The summed E-state index contributed by atoms with van der Waals surface area (Å²) >= 11 is 1.20. The lowest BCUT2D eigenvalue weighted by molar-refractivity contribution is -0.133. The fraction of sp³-hybridized carbons (Fsp3) is 0.769. The van der Waals surface area contributed by atoms with Crippen LogP contribution in [0.3, 0.4) is 0 Å². The van der Waals surface area contributed by atoms with Gasteiger partial charge in [-0.1, -0.05) is 11.8 Å². The van der Waals surface area contributed by atoms with Crippen molar-refractivity contribution in [2.24, 2.45) is 0 Å². The van der Waals surface area contributed by atoms with Crippen LogP contribution in [0.25, 0.3) is 0 Å². The molecular formula is C13H22N4O3S. The van der Waals surface area contributed by atoms with Crippen LogP contribution in [0.4, 0.5) is 5.95 Å². The summed E-state index contributed by atoms with van der Waals surface area (Å²) in [4.78, 5) is 12.9. The van der Waals surface area contributed by atoms with E-state index in [0.29, 0.717) is 5.16 Å². The molecule has 1 aliphatic heterocycles. The molecule has 0 amide bonds. The Morgan fingerprint density at radius 3 is 2.52 bits per heavy atom. The third-order valence-electron chi connectivity index (χ3n) is 3.19. The topological polar surface area (TPSA) is 80.5 Å². The summed E-state index contributed by atoms with van der Waals surface area (Å²) in [5.74, 6) is -0.0748. The summed E-state index contributed by atoms with van der Waals surface area (Å²) in [7, 11) is 0. The van der Waals surface area contributed by atoms with E-state index >= 15 is 0 Å². The van der Waals surface area contributed by atoms with Crippen molar-refractivity contribution >= 4 is 23.7 Å². The van der Waals surface area contributed by atoms with Crippen molar-refractivity contribution < 1.29 is 14.6 Å². The van der Waals surface area contributed by atoms with Gasteiger partial charge in [0.25, 0.3) is 0 Å². The lowest BCUT2D eigenvalue weighted by Crippen LogP contribution is -2.46. The van der Waals surface area contributed by atoms with Crippen LogP contribution in [0, 0.1) is 0 Å². The van der Waals surface area contributed by atoms with Crippen molar-refractivity contribution in [3.63, 3.8) is 0 Å². The number of aliphatic carboxylic acids is 1. The minimum atomic E-state index is -0.853. The monoisotopic (exact) mass is 314 g/mol. The van der Waals surface area contributed by atoms with E-state index in [1.165, 1.54) is 11.8 Å². The van der Waals surface area contributed by atoms with Crippen molar-refractivity contribution in [1.82, 2.24) is 14.8 Å². The van der Waals surface area contributed by atoms with E-state index in [-0.39, 0.29) is 24.0 Å². The van der Waals surface area contributed by atoms with Gasteiger partial charge in [-0.3, -0.25) is 9.36 Å². The molecule has 1 N–H and O–H groups in total. The molecule has 2 rings (SSSR count). The molecular weight excluding hydrogens is 292 g/mol. The summed E-state index contributed by atoms with van der Waals surface area (Å²) in [6, 6.07) is 0.166. The number of hydrogen-bond donors (Lipinski definition) is 1. The first-order chi connectivity index (χ1) is 9.88. The first-order valence-electron chi connectivity index (χ1n) is 7.08. The molecule has 1 aromatic rings. The maximum absolute atomic E-state index is 10.7. The van der Waals surface area contributed by atoms with Crippen LogP contribution in [0.15, 0.2) is 5.16 Å². The molecule has 7 nitrogen and oxygen atoms in total. The molecule has 1 aromatic heterocycles. The zero-order valence-corrected chi connectivity index (χ0v) is 13.6. The van der Waals surface area contributed by atoms with Crippen LogP contribution in [0.2, 0.25) is 0 Å². The van der Waals surface area contributed by atoms with E-state index in [1.54, 1.807) is 0 Å². The second-order valence-electron chi connectivity index (χ2n) is 5.59. The number of aromatic nitrogens is 3. The average molecular weight is 314 g/mol. The molecule has 0 radical (unpaired) electrons. The Labute approximate surface area is 128 Å². The zero-order chi connectivity index (χ0) is 15.6. The van der Waals surface area contributed by atoms with Gasteiger partial charge in [0.15, 0.2) is 5.16 Å². The van der Waals surface area contributed by atoms with E-state index in [1.807, 2.05) is 32.3 Å². The maximum atomic E-state index is 10.7. The number of thioether (sulfide) groups is 1. The molecule has 21 heavy (non-hydrogen) atoms. The van der Waals surface area contributed by atoms with Crippen LogP contribution in [-0.2, 0) is 9.53 Å². The largest absolute Gasteiger partial charge is 0.481 e. The van der Waals surface area contributed by atoms with Gasteiger partial charge in [-0.2, -0.15) is 0 Å². The number of nitrogens with zero attached hydrogens (tertiary/aromatic N) is 4. The highest BCUT2D eigenvalue weighted by atomic mass is 32.2.